The number of rotatable bonds is 5. The molecule has 1 aliphatic heterocycles. The first-order chi connectivity index (χ1) is 11.5. The van der Waals surface area contributed by atoms with Crippen LogP contribution < -0.4 is 0 Å². The molecule has 1 atom stereocenters. The van der Waals surface area contributed by atoms with Gasteiger partial charge in [0, 0.05) is 18.8 Å². The van der Waals surface area contributed by atoms with Crippen LogP contribution in [-0.4, -0.2) is 53.1 Å². The van der Waals surface area contributed by atoms with E-state index in [4.69, 9.17) is 0 Å². The lowest BCUT2D eigenvalue weighted by molar-refractivity contribution is 0.0708. The van der Waals surface area contributed by atoms with Gasteiger partial charge in [-0.25, -0.2) is 8.42 Å². The van der Waals surface area contributed by atoms with E-state index in [1.807, 2.05) is 37.3 Å². The van der Waals surface area contributed by atoms with Crippen LogP contribution in [0.15, 0.2) is 42.7 Å². The molecular formula is C17H21N3O3S. The summed E-state index contributed by atoms with van der Waals surface area (Å²) < 4.78 is 25.1. The summed E-state index contributed by atoms with van der Waals surface area (Å²) in [5, 5.41) is 4.26. The second kappa shape index (κ2) is 6.76. The number of hydrogen-bond acceptors (Lipinski definition) is 4. The van der Waals surface area contributed by atoms with Gasteiger partial charge >= 0.3 is 0 Å². The average molecular weight is 347 g/mol. The van der Waals surface area contributed by atoms with Gasteiger partial charge in [-0.3, -0.25) is 9.48 Å². The van der Waals surface area contributed by atoms with Crippen LogP contribution in [0.1, 0.15) is 29.3 Å². The maximum Gasteiger partial charge on any atom is 0.257 e. The molecule has 3 rings (SSSR count). The monoisotopic (exact) mass is 347 g/mol. The molecule has 1 aromatic heterocycles. The number of carbonyl (C=O) groups is 1. The second-order valence-electron chi connectivity index (χ2n) is 6.06. The van der Waals surface area contributed by atoms with Gasteiger partial charge in [-0.15, -0.1) is 0 Å². The number of nitrogens with zero attached hydrogens (tertiary/aromatic N) is 3. The SMILES string of the molecule is CCN(C(=O)c1cnn(Cc2ccccc2)c1)[C@@H]1CCS(=O)(=O)C1. The molecule has 1 fully saturated rings. The number of benzene rings is 1. The van der Waals surface area contributed by atoms with E-state index in [2.05, 4.69) is 5.10 Å². The lowest BCUT2D eigenvalue weighted by Crippen LogP contribution is -2.40. The van der Waals surface area contributed by atoms with Crippen LogP contribution >= 0.6 is 0 Å². The maximum absolute atomic E-state index is 12.7. The minimum Gasteiger partial charge on any atom is -0.335 e. The minimum atomic E-state index is -3.02. The van der Waals surface area contributed by atoms with Crippen LogP contribution in [0.25, 0.3) is 0 Å². The first-order valence-corrected chi connectivity index (χ1v) is 9.88. The van der Waals surface area contributed by atoms with Gasteiger partial charge in [0.2, 0.25) is 0 Å². The van der Waals surface area contributed by atoms with Crippen molar-refractivity contribution < 1.29 is 13.2 Å². The van der Waals surface area contributed by atoms with Gasteiger partial charge in [0.05, 0.1) is 29.8 Å². The summed E-state index contributed by atoms with van der Waals surface area (Å²) in [5.41, 5.74) is 1.60. The van der Waals surface area contributed by atoms with Crippen molar-refractivity contribution in [3.8, 4) is 0 Å². The Hall–Kier alpha value is -2.15. The summed E-state index contributed by atoms with van der Waals surface area (Å²) in [6.07, 6.45) is 3.79. The maximum atomic E-state index is 12.7. The largest absolute Gasteiger partial charge is 0.335 e. The van der Waals surface area contributed by atoms with Crippen LogP contribution in [0.3, 0.4) is 0 Å². The van der Waals surface area contributed by atoms with Crippen molar-refractivity contribution in [3.63, 3.8) is 0 Å². The molecule has 1 amide bonds. The first-order valence-electron chi connectivity index (χ1n) is 8.06. The summed E-state index contributed by atoms with van der Waals surface area (Å²) in [5.74, 6) is 0.0679. The van der Waals surface area contributed by atoms with Crippen molar-refractivity contribution >= 4 is 15.7 Å². The fourth-order valence-electron chi connectivity index (χ4n) is 3.09. The Labute approximate surface area is 142 Å². The lowest BCUT2D eigenvalue weighted by Gasteiger charge is -2.26. The molecule has 0 saturated carbocycles. The Morgan fingerprint density at radius 2 is 2.08 bits per heavy atom. The van der Waals surface area contributed by atoms with E-state index >= 15 is 0 Å². The third-order valence-electron chi connectivity index (χ3n) is 4.32. The smallest absolute Gasteiger partial charge is 0.257 e. The second-order valence-corrected chi connectivity index (χ2v) is 8.29. The van der Waals surface area contributed by atoms with Gasteiger partial charge in [-0.1, -0.05) is 30.3 Å². The van der Waals surface area contributed by atoms with Crippen molar-refractivity contribution in [1.29, 1.82) is 0 Å². The van der Waals surface area contributed by atoms with E-state index < -0.39 is 9.84 Å². The number of carbonyl (C=O) groups excluding carboxylic acids is 1. The van der Waals surface area contributed by atoms with Gasteiger partial charge < -0.3 is 4.90 Å². The molecule has 2 heterocycles. The fourth-order valence-corrected chi connectivity index (χ4v) is 4.82. The molecule has 128 valence electrons. The average Bonchev–Trinajstić information content (AvgIpc) is 3.16. The molecule has 0 unspecified atom stereocenters. The predicted octanol–water partition coefficient (Wildman–Crippen LogP) is 1.58. The van der Waals surface area contributed by atoms with Crippen LogP contribution in [0.4, 0.5) is 0 Å². The number of aromatic nitrogens is 2. The van der Waals surface area contributed by atoms with Crippen molar-refractivity contribution in [3.05, 3.63) is 53.9 Å². The van der Waals surface area contributed by atoms with Crippen LogP contribution in [0.2, 0.25) is 0 Å². The highest BCUT2D eigenvalue weighted by atomic mass is 32.2. The Morgan fingerprint density at radius 1 is 1.33 bits per heavy atom. The highest BCUT2D eigenvalue weighted by molar-refractivity contribution is 7.91. The van der Waals surface area contributed by atoms with Crippen molar-refractivity contribution in [1.82, 2.24) is 14.7 Å². The van der Waals surface area contributed by atoms with Gasteiger partial charge in [0.1, 0.15) is 0 Å². The Bertz CT molecular complexity index is 815. The molecule has 1 saturated heterocycles. The molecule has 2 aromatic rings. The first kappa shape index (κ1) is 16.7. The Kier molecular flexibility index (Phi) is 4.71. The minimum absolute atomic E-state index is 0.0603. The number of amides is 1. The van der Waals surface area contributed by atoms with E-state index in [9.17, 15) is 13.2 Å². The summed E-state index contributed by atoms with van der Waals surface area (Å²) in [7, 11) is -3.02. The predicted molar refractivity (Wildman–Crippen MR) is 91.5 cm³/mol. The third kappa shape index (κ3) is 3.67. The molecule has 0 N–H and O–H groups in total. The van der Waals surface area contributed by atoms with Gasteiger partial charge in [0.25, 0.3) is 5.91 Å². The molecule has 0 aliphatic carbocycles. The van der Waals surface area contributed by atoms with E-state index in [-0.39, 0.29) is 23.5 Å². The van der Waals surface area contributed by atoms with Gasteiger partial charge in [0.15, 0.2) is 9.84 Å². The standard InChI is InChI=1S/C17H21N3O3S/c1-2-20(16-8-9-24(22,23)13-16)17(21)15-10-18-19(12-15)11-14-6-4-3-5-7-14/h3-7,10,12,16H,2,8-9,11,13H2,1H3/t16-/m1/s1. The molecule has 0 bridgehead atoms. The van der Waals surface area contributed by atoms with Crippen molar-refractivity contribution in [2.45, 2.75) is 25.9 Å². The Balaban J connectivity index is 1.72. The van der Waals surface area contributed by atoms with Crippen LogP contribution in [-0.2, 0) is 16.4 Å². The van der Waals surface area contributed by atoms with Crippen molar-refractivity contribution in [2.24, 2.45) is 0 Å². The quantitative estimate of drug-likeness (QED) is 0.823. The fraction of sp³-hybridized carbons (Fsp3) is 0.412. The molecule has 1 aromatic carbocycles. The topological polar surface area (TPSA) is 72.3 Å². The summed E-state index contributed by atoms with van der Waals surface area (Å²) in [4.78, 5) is 14.4. The van der Waals surface area contributed by atoms with E-state index in [0.29, 0.717) is 25.1 Å². The van der Waals surface area contributed by atoms with E-state index in [0.717, 1.165) is 5.56 Å². The zero-order valence-corrected chi connectivity index (χ0v) is 14.4. The van der Waals surface area contributed by atoms with Crippen LogP contribution in [0, 0.1) is 0 Å². The molecule has 24 heavy (non-hydrogen) atoms. The number of hydrogen-bond donors (Lipinski definition) is 0. The van der Waals surface area contributed by atoms with Crippen LogP contribution in [0.5, 0.6) is 0 Å². The molecular weight excluding hydrogens is 326 g/mol. The zero-order valence-electron chi connectivity index (χ0n) is 13.6. The summed E-state index contributed by atoms with van der Waals surface area (Å²) in [6.45, 7) is 2.96. The van der Waals surface area contributed by atoms with Crippen molar-refractivity contribution in [2.75, 3.05) is 18.1 Å². The van der Waals surface area contributed by atoms with Gasteiger partial charge in [-0.05, 0) is 18.9 Å². The number of sulfone groups is 1. The van der Waals surface area contributed by atoms with Gasteiger partial charge in [-0.2, -0.15) is 5.10 Å². The molecule has 7 heteroatoms. The normalized spacial score (nSPS) is 19.3. The Morgan fingerprint density at radius 3 is 2.71 bits per heavy atom. The highest BCUT2D eigenvalue weighted by Crippen LogP contribution is 2.19. The molecule has 0 spiro atoms. The zero-order chi connectivity index (χ0) is 17.2. The summed E-state index contributed by atoms with van der Waals surface area (Å²) >= 11 is 0. The molecule has 0 radical (unpaired) electrons. The van der Waals surface area contributed by atoms with E-state index in [1.54, 1.807) is 22.0 Å². The highest BCUT2D eigenvalue weighted by Gasteiger charge is 2.34. The molecule has 6 nitrogen and oxygen atoms in total. The van der Waals surface area contributed by atoms with E-state index in [1.165, 1.54) is 0 Å². The molecule has 1 aliphatic rings. The lowest BCUT2D eigenvalue weighted by atomic mass is 10.2. The third-order valence-corrected chi connectivity index (χ3v) is 6.07. The summed E-state index contributed by atoms with van der Waals surface area (Å²) in [6, 6.07) is 9.66.